The standard InChI is InChI=1S/C17H26N2O/c1-6-11(3)15(18-7-2)12-8-9-14-13(10-12)17(4,5)16(20)19-14/h8-11,15,18H,6-7H2,1-5H3,(H,19,20). The van der Waals surface area contributed by atoms with Crippen LogP contribution in [0.5, 0.6) is 0 Å². The highest BCUT2D eigenvalue weighted by molar-refractivity contribution is 6.05. The van der Waals surface area contributed by atoms with Gasteiger partial charge in [0, 0.05) is 11.7 Å². The topological polar surface area (TPSA) is 41.1 Å². The van der Waals surface area contributed by atoms with E-state index in [2.05, 4.69) is 43.5 Å². The fourth-order valence-corrected chi connectivity index (χ4v) is 2.89. The Labute approximate surface area is 122 Å². The summed E-state index contributed by atoms with van der Waals surface area (Å²) in [6, 6.07) is 6.73. The number of rotatable bonds is 5. The van der Waals surface area contributed by atoms with Crippen LogP contribution < -0.4 is 10.6 Å². The minimum atomic E-state index is -0.433. The first-order chi connectivity index (χ1) is 9.41. The Morgan fingerprint density at radius 1 is 1.30 bits per heavy atom. The molecule has 1 aliphatic rings. The molecule has 1 aromatic carbocycles. The van der Waals surface area contributed by atoms with Gasteiger partial charge in [0.05, 0.1) is 5.41 Å². The van der Waals surface area contributed by atoms with Crippen LogP contribution >= 0.6 is 0 Å². The average Bonchev–Trinajstić information content (AvgIpc) is 2.66. The van der Waals surface area contributed by atoms with E-state index in [1.807, 2.05) is 19.9 Å². The van der Waals surface area contributed by atoms with Gasteiger partial charge in [-0.1, -0.05) is 39.3 Å². The summed E-state index contributed by atoms with van der Waals surface area (Å²) in [6.07, 6.45) is 1.13. The smallest absolute Gasteiger partial charge is 0.234 e. The summed E-state index contributed by atoms with van der Waals surface area (Å²) < 4.78 is 0. The van der Waals surface area contributed by atoms with Crippen molar-refractivity contribution < 1.29 is 4.79 Å². The molecule has 3 nitrogen and oxygen atoms in total. The third-order valence-electron chi connectivity index (χ3n) is 4.53. The van der Waals surface area contributed by atoms with Crippen molar-refractivity contribution in [2.75, 3.05) is 11.9 Å². The SMILES string of the molecule is CCNC(c1ccc2c(c1)C(C)(C)C(=O)N2)C(C)CC. The Morgan fingerprint density at radius 2 is 2.00 bits per heavy atom. The van der Waals surface area contributed by atoms with Crippen LogP contribution in [0.2, 0.25) is 0 Å². The molecule has 110 valence electrons. The molecule has 0 aliphatic carbocycles. The van der Waals surface area contributed by atoms with Gasteiger partial charge in [0.25, 0.3) is 0 Å². The van der Waals surface area contributed by atoms with Crippen molar-refractivity contribution in [1.82, 2.24) is 5.32 Å². The summed E-state index contributed by atoms with van der Waals surface area (Å²) in [5, 5.41) is 6.54. The van der Waals surface area contributed by atoms with Gasteiger partial charge in [0.2, 0.25) is 5.91 Å². The summed E-state index contributed by atoms with van der Waals surface area (Å²) >= 11 is 0. The third-order valence-corrected chi connectivity index (χ3v) is 4.53. The summed E-state index contributed by atoms with van der Waals surface area (Å²) in [7, 11) is 0. The molecule has 2 unspecified atom stereocenters. The average molecular weight is 274 g/mol. The van der Waals surface area contributed by atoms with Gasteiger partial charge in [-0.3, -0.25) is 4.79 Å². The maximum absolute atomic E-state index is 12.0. The maximum atomic E-state index is 12.0. The molecule has 0 radical (unpaired) electrons. The van der Waals surface area contributed by atoms with Crippen molar-refractivity contribution in [2.24, 2.45) is 5.92 Å². The molecular weight excluding hydrogens is 248 g/mol. The molecule has 2 rings (SSSR count). The van der Waals surface area contributed by atoms with Crippen molar-refractivity contribution in [3.05, 3.63) is 29.3 Å². The van der Waals surface area contributed by atoms with Gasteiger partial charge in [-0.15, -0.1) is 0 Å². The van der Waals surface area contributed by atoms with Crippen LogP contribution in [-0.4, -0.2) is 12.5 Å². The van der Waals surface area contributed by atoms with Gasteiger partial charge in [-0.05, 0) is 43.5 Å². The summed E-state index contributed by atoms with van der Waals surface area (Å²) in [5.41, 5.74) is 2.93. The summed E-state index contributed by atoms with van der Waals surface area (Å²) in [5.74, 6) is 0.661. The van der Waals surface area contributed by atoms with Crippen LogP contribution in [0.25, 0.3) is 0 Å². The van der Waals surface area contributed by atoms with E-state index in [1.165, 1.54) is 5.56 Å². The molecular formula is C17H26N2O. The molecule has 0 bridgehead atoms. The minimum absolute atomic E-state index is 0.0909. The molecule has 0 fully saturated rings. The van der Waals surface area contributed by atoms with Gasteiger partial charge < -0.3 is 10.6 Å². The fraction of sp³-hybridized carbons (Fsp3) is 0.588. The molecule has 3 heteroatoms. The monoisotopic (exact) mass is 274 g/mol. The lowest BCUT2D eigenvalue weighted by molar-refractivity contribution is -0.119. The highest BCUT2D eigenvalue weighted by atomic mass is 16.2. The Morgan fingerprint density at radius 3 is 2.60 bits per heavy atom. The van der Waals surface area contributed by atoms with E-state index in [1.54, 1.807) is 0 Å². The first-order valence-corrected chi connectivity index (χ1v) is 7.61. The van der Waals surface area contributed by atoms with E-state index >= 15 is 0 Å². The van der Waals surface area contributed by atoms with Crippen molar-refractivity contribution in [2.45, 2.75) is 52.5 Å². The van der Waals surface area contributed by atoms with Gasteiger partial charge in [-0.25, -0.2) is 0 Å². The Bertz CT molecular complexity index is 508. The molecule has 0 spiro atoms. The van der Waals surface area contributed by atoms with Crippen LogP contribution in [0, 0.1) is 5.92 Å². The van der Waals surface area contributed by atoms with Crippen LogP contribution in [0.4, 0.5) is 5.69 Å². The second-order valence-electron chi connectivity index (χ2n) is 6.31. The summed E-state index contributed by atoms with van der Waals surface area (Å²) in [4.78, 5) is 12.0. The second kappa shape index (κ2) is 5.57. The quantitative estimate of drug-likeness (QED) is 0.861. The van der Waals surface area contributed by atoms with Gasteiger partial charge in [0.15, 0.2) is 0 Å². The number of carbonyl (C=O) groups is 1. The number of benzene rings is 1. The number of hydrogen-bond donors (Lipinski definition) is 2. The molecule has 0 saturated heterocycles. The predicted molar refractivity (Wildman–Crippen MR) is 84.0 cm³/mol. The third kappa shape index (κ3) is 2.47. The zero-order valence-electron chi connectivity index (χ0n) is 13.2. The largest absolute Gasteiger partial charge is 0.325 e. The van der Waals surface area contributed by atoms with Gasteiger partial charge >= 0.3 is 0 Å². The van der Waals surface area contributed by atoms with E-state index in [-0.39, 0.29) is 5.91 Å². The normalized spacial score (nSPS) is 19.4. The Kier molecular flexibility index (Phi) is 4.19. The highest BCUT2D eigenvalue weighted by Gasteiger charge is 2.38. The first kappa shape index (κ1) is 15.0. The van der Waals surface area contributed by atoms with E-state index in [4.69, 9.17) is 0 Å². The highest BCUT2D eigenvalue weighted by Crippen LogP contribution is 2.39. The molecule has 2 atom stereocenters. The molecule has 1 aromatic rings. The van der Waals surface area contributed by atoms with Crippen LogP contribution in [0.1, 0.15) is 58.2 Å². The van der Waals surface area contributed by atoms with Crippen molar-refractivity contribution in [1.29, 1.82) is 0 Å². The van der Waals surface area contributed by atoms with E-state index in [0.717, 1.165) is 24.2 Å². The molecule has 0 aromatic heterocycles. The second-order valence-corrected chi connectivity index (χ2v) is 6.31. The lowest BCUT2D eigenvalue weighted by Gasteiger charge is -2.26. The van der Waals surface area contributed by atoms with Crippen LogP contribution in [0.15, 0.2) is 18.2 Å². The molecule has 0 saturated carbocycles. The number of anilines is 1. The predicted octanol–water partition coefficient (Wildman–Crippen LogP) is 3.61. The number of hydrogen-bond acceptors (Lipinski definition) is 2. The van der Waals surface area contributed by atoms with Crippen LogP contribution in [-0.2, 0) is 10.2 Å². The van der Waals surface area contributed by atoms with Gasteiger partial charge in [0.1, 0.15) is 0 Å². The zero-order chi connectivity index (χ0) is 14.9. The first-order valence-electron chi connectivity index (χ1n) is 7.61. The molecule has 1 amide bonds. The van der Waals surface area contributed by atoms with E-state index in [0.29, 0.717) is 12.0 Å². The van der Waals surface area contributed by atoms with Crippen molar-refractivity contribution >= 4 is 11.6 Å². The molecule has 2 N–H and O–H groups in total. The molecule has 20 heavy (non-hydrogen) atoms. The zero-order valence-corrected chi connectivity index (χ0v) is 13.2. The van der Waals surface area contributed by atoms with Gasteiger partial charge in [-0.2, -0.15) is 0 Å². The Balaban J connectivity index is 2.40. The lowest BCUT2D eigenvalue weighted by atomic mass is 9.83. The van der Waals surface area contributed by atoms with E-state index in [9.17, 15) is 4.79 Å². The fourth-order valence-electron chi connectivity index (χ4n) is 2.89. The molecule has 1 aliphatic heterocycles. The van der Waals surface area contributed by atoms with Crippen molar-refractivity contribution in [3.8, 4) is 0 Å². The Hall–Kier alpha value is -1.35. The minimum Gasteiger partial charge on any atom is -0.325 e. The van der Waals surface area contributed by atoms with E-state index < -0.39 is 5.41 Å². The number of amides is 1. The maximum Gasteiger partial charge on any atom is 0.234 e. The number of carbonyl (C=O) groups excluding carboxylic acids is 1. The number of nitrogens with one attached hydrogen (secondary N) is 2. The lowest BCUT2D eigenvalue weighted by Crippen LogP contribution is -2.28. The summed E-state index contributed by atoms with van der Waals surface area (Å²) in [6.45, 7) is 11.6. The van der Waals surface area contributed by atoms with Crippen LogP contribution in [0.3, 0.4) is 0 Å². The molecule has 1 heterocycles. The van der Waals surface area contributed by atoms with Crippen molar-refractivity contribution in [3.63, 3.8) is 0 Å². The number of fused-ring (bicyclic) bond motifs is 1.